The Hall–Kier alpha value is -1.99. The average molecular weight is 189 g/mol. The third-order valence-electron chi connectivity index (χ3n) is 1.46. The number of rotatable bonds is 1. The van der Waals surface area contributed by atoms with Crippen LogP contribution in [0.1, 0.15) is 5.56 Å². The van der Waals surface area contributed by atoms with E-state index in [1.807, 2.05) is 6.07 Å². The minimum absolute atomic E-state index is 0.313. The molecule has 0 unspecified atom stereocenters. The zero-order chi connectivity index (χ0) is 10.4. The molecule has 5 N–H and O–H groups in total. The van der Waals surface area contributed by atoms with Gasteiger partial charge in [-0.15, -0.1) is 0 Å². The van der Waals surface area contributed by atoms with Crippen LogP contribution in [-0.4, -0.2) is 12.6 Å². The number of nitrogens with one attached hydrogen (secondary N) is 1. The van der Waals surface area contributed by atoms with E-state index in [1.54, 1.807) is 18.2 Å². The van der Waals surface area contributed by atoms with E-state index in [-0.39, 0.29) is 0 Å². The molecule has 14 heavy (non-hydrogen) atoms. The molecule has 0 spiro atoms. The summed E-state index contributed by atoms with van der Waals surface area (Å²) in [6.07, 6.45) is 0. The van der Waals surface area contributed by atoms with Crippen molar-refractivity contribution in [3.63, 3.8) is 0 Å². The summed E-state index contributed by atoms with van der Waals surface area (Å²) < 4.78 is 0. The van der Waals surface area contributed by atoms with Crippen molar-refractivity contribution in [2.24, 2.45) is 11.5 Å². The maximum Gasteiger partial charge on any atom is 0.316 e. The molecule has 0 heterocycles. The lowest BCUT2D eigenvalue weighted by Crippen LogP contribution is -2.19. The highest BCUT2D eigenvalue weighted by Gasteiger charge is 1.95. The standard InChI is InChI=1S/C10H11N3O/c11-6-2-4-8-3-1-5-9(7-8)13-10(12)14/h1,3,5,7H,6,11H2,(H3,12,13,14). The van der Waals surface area contributed by atoms with Gasteiger partial charge in [-0.1, -0.05) is 17.9 Å². The first-order valence-electron chi connectivity index (χ1n) is 4.08. The SMILES string of the molecule is NCC#Cc1cccc(NC(N)=O)c1. The summed E-state index contributed by atoms with van der Waals surface area (Å²) in [7, 11) is 0. The Kier molecular flexibility index (Phi) is 3.53. The number of hydrogen-bond acceptors (Lipinski definition) is 2. The topological polar surface area (TPSA) is 81.1 Å². The van der Waals surface area contributed by atoms with Crippen molar-refractivity contribution in [1.29, 1.82) is 0 Å². The second-order valence-corrected chi connectivity index (χ2v) is 2.58. The lowest BCUT2D eigenvalue weighted by atomic mass is 10.2. The molecule has 1 rings (SSSR count). The highest BCUT2D eigenvalue weighted by molar-refractivity contribution is 5.87. The van der Waals surface area contributed by atoms with E-state index in [9.17, 15) is 4.79 Å². The first-order chi connectivity index (χ1) is 6.72. The minimum Gasteiger partial charge on any atom is -0.351 e. The van der Waals surface area contributed by atoms with Crippen LogP contribution >= 0.6 is 0 Å². The lowest BCUT2D eigenvalue weighted by molar-refractivity contribution is 0.259. The van der Waals surface area contributed by atoms with Gasteiger partial charge in [0.1, 0.15) is 0 Å². The predicted molar refractivity (Wildman–Crippen MR) is 55.6 cm³/mol. The van der Waals surface area contributed by atoms with E-state index in [1.165, 1.54) is 0 Å². The van der Waals surface area contributed by atoms with Crippen LogP contribution in [0.5, 0.6) is 0 Å². The number of hydrogen-bond donors (Lipinski definition) is 3. The van der Waals surface area contributed by atoms with Crippen LogP contribution in [0.15, 0.2) is 24.3 Å². The fourth-order valence-electron chi connectivity index (χ4n) is 0.970. The molecule has 72 valence electrons. The lowest BCUT2D eigenvalue weighted by Gasteiger charge is -2.00. The van der Waals surface area contributed by atoms with Crippen molar-refractivity contribution < 1.29 is 4.79 Å². The molecule has 4 nitrogen and oxygen atoms in total. The van der Waals surface area contributed by atoms with Gasteiger partial charge in [0, 0.05) is 11.3 Å². The number of nitrogens with two attached hydrogens (primary N) is 2. The van der Waals surface area contributed by atoms with Crippen LogP contribution in [0, 0.1) is 11.8 Å². The quantitative estimate of drug-likeness (QED) is 0.562. The molecule has 0 aromatic heterocycles. The van der Waals surface area contributed by atoms with Crippen LogP contribution < -0.4 is 16.8 Å². The minimum atomic E-state index is -0.589. The van der Waals surface area contributed by atoms with Gasteiger partial charge < -0.3 is 16.8 Å². The van der Waals surface area contributed by atoms with Crippen LogP contribution in [0.4, 0.5) is 10.5 Å². The van der Waals surface area contributed by atoms with Gasteiger partial charge in [0.05, 0.1) is 6.54 Å². The van der Waals surface area contributed by atoms with E-state index in [4.69, 9.17) is 11.5 Å². The summed E-state index contributed by atoms with van der Waals surface area (Å²) >= 11 is 0. The number of urea groups is 1. The zero-order valence-corrected chi connectivity index (χ0v) is 7.58. The molecule has 0 saturated carbocycles. The molecule has 0 atom stereocenters. The van der Waals surface area contributed by atoms with E-state index in [2.05, 4.69) is 17.2 Å². The summed E-state index contributed by atoms with van der Waals surface area (Å²) in [5.41, 5.74) is 11.6. The number of benzene rings is 1. The maximum absolute atomic E-state index is 10.5. The zero-order valence-electron chi connectivity index (χ0n) is 7.58. The Morgan fingerprint density at radius 2 is 2.29 bits per heavy atom. The Labute approximate surface area is 82.3 Å². The van der Waals surface area contributed by atoms with E-state index < -0.39 is 6.03 Å². The van der Waals surface area contributed by atoms with Gasteiger partial charge >= 0.3 is 6.03 Å². The Morgan fingerprint density at radius 1 is 1.50 bits per heavy atom. The molecule has 0 fully saturated rings. The Bertz CT molecular complexity index is 390. The second kappa shape index (κ2) is 4.90. The van der Waals surface area contributed by atoms with Gasteiger partial charge in [-0.05, 0) is 18.2 Å². The molecular weight excluding hydrogens is 178 g/mol. The van der Waals surface area contributed by atoms with Crippen LogP contribution in [0.3, 0.4) is 0 Å². The number of carbonyl (C=O) groups excluding carboxylic acids is 1. The third kappa shape index (κ3) is 3.17. The fraction of sp³-hybridized carbons (Fsp3) is 0.100. The van der Waals surface area contributed by atoms with E-state index in [0.29, 0.717) is 12.2 Å². The second-order valence-electron chi connectivity index (χ2n) is 2.58. The summed E-state index contributed by atoms with van der Waals surface area (Å²) in [6.45, 7) is 0.313. The van der Waals surface area contributed by atoms with E-state index in [0.717, 1.165) is 5.56 Å². The monoisotopic (exact) mass is 189 g/mol. The predicted octanol–water partition coefficient (Wildman–Crippen LogP) is 0.487. The first-order valence-corrected chi connectivity index (χ1v) is 4.08. The van der Waals surface area contributed by atoms with Crippen molar-refractivity contribution in [2.75, 3.05) is 11.9 Å². The van der Waals surface area contributed by atoms with Crippen LogP contribution in [-0.2, 0) is 0 Å². The number of carbonyl (C=O) groups is 1. The molecule has 0 bridgehead atoms. The first kappa shape index (κ1) is 10.1. The molecular formula is C10H11N3O. The largest absolute Gasteiger partial charge is 0.351 e. The molecule has 0 radical (unpaired) electrons. The van der Waals surface area contributed by atoms with Crippen molar-refractivity contribution in [3.05, 3.63) is 29.8 Å². The molecule has 0 aliphatic heterocycles. The number of amides is 2. The summed E-state index contributed by atoms with van der Waals surface area (Å²) in [5, 5.41) is 2.46. The van der Waals surface area contributed by atoms with Crippen molar-refractivity contribution >= 4 is 11.7 Å². The normalized spacial score (nSPS) is 8.64. The molecule has 1 aromatic carbocycles. The van der Waals surface area contributed by atoms with Gasteiger partial charge in [-0.2, -0.15) is 0 Å². The Balaban J connectivity index is 2.84. The summed E-state index contributed by atoms with van der Waals surface area (Å²) in [5.74, 6) is 5.57. The van der Waals surface area contributed by atoms with Crippen molar-refractivity contribution in [3.8, 4) is 11.8 Å². The van der Waals surface area contributed by atoms with Gasteiger partial charge in [0.2, 0.25) is 0 Å². The number of primary amides is 1. The van der Waals surface area contributed by atoms with Crippen molar-refractivity contribution in [1.82, 2.24) is 0 Å². The molecule has 0 aliphatic carbocycles. The molecule has 2 amide bonds. The highest BCUT2D eigenvalue weighted by atomic mass is 16.2. The van der Waals surface area contributed by atoms with Crippen LogP contribution in [0.25, 0.3) is 0 Å². The van der Waals surface area contributed by atoms with Gasteiger partial charge in [-0.3, -0.25) is 0 Å². The smallest absolute Gasteiger partial charge is 0.316 e. The van der Waals surface area contributed by atoms with Gasteiger partial charge in [0.25, 0.3) is 0 Å². The maximum atomic E-state index is 10.5. The van der Waals surface area contributed by atoms with Crippen LogP contribution in [0.2, 0.25) is 0 Å². The summed E-state index contributed by atoms with van der Waals surface area (Å²) in [4.78, 5) is 10.5. The third-order valence-corrected chi connectivity index (χ3v) is 1.46. The molecule has 1 aromatic rings. The summed E-state index contributed by atoms with van der Waals surface area (Å²) in [6, 6.07) is 6.49. The highest BCUT2D eigenvalue weighted by Crippen LogP contribution is 2.08. The fourth-order valence-corrected chi connectivity index (χ4v) is 0.970. The molecule has 0 aliphatic rings. The molecule has 0 saturated heterocycles. The van der Waals surface area contributed by atoms with Gasteiger partial charge in [0.15, 0.2) is 0 Å². The Morgan fingerprint density at radius 3 is 2.93 bits per heavy atom. The molecule has 4 heteroatoms. The van der Waals surface area contributed by atoms with E-state index >= 15 is 0 Å². The average Bonchev–Trinajstić information content (AvgIpc) is 2.14. The number of anilines is 1. The van der Waals surface area contributed by atoms with Crippen molar-refractivity contribution in [2.45, 2.75) is 0 Å². The van der Waals surface area contributed by atoms with Gasteiger partial charge in [-0.25, -0.2) is 4.79 Å².